The molecule has 1 aromatic rings. The van der Waals surface area contributed by atoms with Gasteiger partial charge in [0.05, 0.1) is 11.2 Å². The number of nitrogens with zero attached hydrogens (tertiary/aromatic N) is 1. The fraction of sp³-hybridized carbons (Fsp3) is 0.625. The van der Waals surface area contributed by atoms with E-state index in [2.05, 4.69) is 26.2 Å². The first-order valence-corrected chi connectivity index (χ1v) is 8.61. The van der Waals surface area contributed by atoms with Crippen LogP contribution >= 0.6 is 15.9 Å². The van der Waals surface area contributed by atoms with Gasteiger partial charge in [-0.05, 0) is 70.5 Å². The van der Waals surface area contributed by atoms with E-state index in [9.17, 15) is 4.79 Å². The molecule has 6 nitrogen and oxygen atoms in total. The van der Waals surface area contributed by atoms with E-state index in [1.807, 2.05) is 27.7 Å². The van der Waals surface area contributed by atoms with Gasteiger partial charge in [-0.25, -0.2) is 9.78 Å². The molecule has 0 unspecified atom stereocenters. The minimum absolute atomic E-state index is 0.372. The molecule has 0 atom stereocenters. The zero-order valence-electron chi connectivity index (χ0n) is 15.2. The van der Waals surface area contributed by atoms with Gasteiger partial charge in [-0.2, -0.15) is 0 Å². The molecule has 0 aliphatic carbocycles. The molecule has 1 aromatic heterocycles. The van der Waals surface area contributed by atoms with Crippen molar-refractivity contribution < 1.29 is 18.8 Å². The first-order valence-electron chi connectivity index (χ1n) is 7.82. The molecule has 0 radical (unpaired) electrons. The zero-order valence-corrected chi connectivity index (χ0v) is 16.8. The Kier molecular flexibility index (Phi) is 5.05. The first-order chi connectivity index (χ1) is 10.8. The van der Waals surface area contributed by atoms with Crippen molar-refractivity contribution in [1.82, 2.24) is 4.98 Å². The molecule has 1 fully saturated rings. The lowest BCUT2D eigenvalue weighted by atomic mass is 9.79. The summed E-state index contributed by atoms with van der Waals surface area (Å²) in [6.45, 7) is 13.4. The second-order valence-corrected chi connectivity index (χ2v) is 8.66. The van der Waals surface area contributed by atoms with Crippen LogP contribution in [-0.4, -0.2) is 35.0 Å². The highest BCUT2D eigenvalue weighted by atomic mass is 79.9. The first kappa shape index (κ1) is 19.2. The van der Waals surface area contributed by atoms with Crippen molar-refractivity contribution in [2.45, 2.75) is 65.3 Å². The van der Waals surface area contributed by atoms with E-state index in [0.29, 0.717) is 5.82 Å². The van der Waals surface area contributed by atoms with Crippen LogP contribution in [0, 0.1) is 0 Å². The Balaban J connectivity index is 2.20. The average Bonchev–Trinajstić information content (AvgIpc) is 2.58. The van der Waals surface area contributed by atoms with Gasteiger partial charge in [-0.3, -0.25) is 5.32 Å². The summed E-state index contributed by atoms with van der Waals surface area (Å²) in [7, 11) is -0.549. The monoisotopic (exact) mass is 398 g/mol. The van der Waals surface area contributed by atoms with Gasteiger partial charge in [0.1, 0.15) is 11.4 Å². The molecular weight excluding hydrogens is 375 g/mol. The molecule has 1 amide bonds. The predicted octanol–water partition coefficient (Wildman–Crippen LogP) is 3.49. The number of hydrogen-bond donors (Lipinski definition) is 1. The van der Waals surface area contributed by atoms with Crippen molar-refractivity contribution in [3.8, 4) is 0 Å². The van der Waals surface area contributed by atoms with E-state index in [1.54, 1.807) is 33.0 Å². The minimum Gasteiger partial charge on any atom is -0.444 e. The Labute approximate surface area is 151 Å². The number of carbonyl (C=O) groups is 1. The van der Waals surface area contributed by atoms with Gasteiger partial charge in [-0.1, -0.05) is 0 Å². The molecule has 1 saturated heterocycles. The fourth-order valence-electron chi connectivity index (χ4n) is 2.08. The summed E-state index contributed by atoms with van der Waals surface area (Å²) < 4.78 is 18.1. The molecule has 1 aliphatic heterocycles. The third-order valence-electron chi connectivity index (χ3n) is 4.02. The standard InChI is InChI=1S/C16H24BBrN2O4/c1-14(2,3)22-13(21)20-12-8-10(11(18)9-19-12)17-23-15(4,5)16(6,7)24-17/h8-9H,1-7H3,(H,19,20,21). The van der Waals surface area contributed by atoms with Crippen LogP contribution in [-0.2, 0) is 14.0 Å². The van der Waals surface area contributed by atoms with Gasteiger partial charge in [0.2, 0.25) is 0 Å². The molecule has 1 N–H and O–H groups in total. The topological polar surface area (TPSA) is 69.7 Å². The zero-order chi connectivity index (χ0) is 18.3. The van der Waals surface area contributed by atoms with Crippen molar-refractivity contribution in [2.75, 3.05) is 5.32 Å². The van der Waals surface area contributed by atoms with Crippen molar-refractivity contribution in [3.63, 3.8) is 0 Å². The Bertz CT molecular complexity index is 627. The highest BCUT2D eigenvalue weighted by molar-refractivity contribution is 9.10. The molecule has 0 bridgehead atoms. The molecule has 1 aliphatic rings. The third kappa shape index (κ3) is 4.29. The van der Waals surface area contributed by atoms with E-state index in [-0.39, 0.29) is 0 Å². The van der Waals surface area contributed by atoms with Crippen molar-refractivity contribution in [2.24, 2.45) is 0 Å². The minimum atomic E-state index is -0.575. The second kappa shape index (κ2) is 6.31. The molecule has 2 heterocycles. The highest BCUT2D eigenvalue weighted by Gasteiger charge is 2.52. The van der Waals surface area contributed by atoms with Gasteiger partial charge in [0, 0.05) is 16.1 Å². The lowest BCUT2D eigenvalue weighted by Crippen LogP contribution is -2.41. The predicted molar refractivity (Wildman–Crippen MR) is 97.5 cm³/mol. The summed E-state index contributed by atoms with van der Waals surface area (Å²) in [5, 5.41) is 2.63. The van der Waals surface area contributed by atoms with Crippen LogP contribution in [0.5, 0.6) is 0 Å². The van der Waals surface area contributed by atoms with Gasteiger partial charge in [0.15, 0.2) is 0 Å². The summed E-state index contributed by atoms with van der Waals surface area (Å²) in [5.74, 6) is 0.372. The number of aromatic nitrogens is 1. The maximum atomic E-state index is 11.9. The Morgan fingerprint density at radius 1 is 1.25 bits per heavy atom. The van der Waals surface area contributed by atoms with Crippen molar-refractivity contribution >= 4 is 40.4 Å². The summed E-state index contributed by atoms with van der Waals surface area (Å²) >= 11 is 3.46. The number of carbonyl (C=O) groups excluding carboxylic acids is 1. The van der Waals surface area contributed by atoms with Gasteiger partial charge >= 0.3 is 13.2 Å². The number of halogens is 1. The number of anilines is 1. The summed E-state index contributed by atoms with van der Waals surface area (Å²) in [6.07, 6.45) is 1.05. The number of ether oxygens (including phenoxy) is 1. The normalized spacial score (nSPS) is 19.2. The summed E-state index contributed by atoms with van der Waals surface area (Å²) in [4.78, 5) is 16.1. The lowest BCUT2D eigenvalue weighted by Gasteiger charge is -2.32. The van der Waals surface area contributed by atoms with Gasteiger partial charge in [0.25, 0.3) is 0 Å². The number of nitrogens with one attached hydrogen (secondary N) is 1. The maximum Gasteiger partial charge on any atom is 0.496 e. The van der Waals surface area contributed by atoms with E-state index in [0.717, 1.165) is 9.94 Å². The molecule has 8 heteroatoms. The van der Waals surface area contributed by atoms with E-state index in [1.165, 1.54) is 0 Å². The van der Waals surface area contributed by atoms with Crippen molar-refractivity contribution in [3.05, 3.63) is 16.7 Å². The summed E-state index contributed by atoms with van der Waals surface area (Å²) in [6, 6.07) is 1.72. The Hall–Kier alpha value is -1.12. The smallest absolute Gasteiger partial charge is 0.444 e. The number of hydrogen-bond acceptors (Lipinski definition) is 5. The molecule has 24 heavy (non-hydrogen) atoms. The number of rotatable bonds is 2. The molecular formula is C16H24BBrN2O4. The van der Waals surface area contributed by atoms with E-state index >= 15 is 0 Å². The maximum absolute atomic E-state index is 11.9. The van der Waals surface area contributed by atoms with Crippen LogP contribution in [0.3, 0.4) is 0 Å². The van der Waals surface area contributed by atoms with Crippen LogP contribution < -0.4 is 10.8 Å². The van der Waals surface area contributed by atoms with Crippen LogP contribution in [0.2, 0.25) is 0 Å². The summed E-state index contributed by atoms with van der Waals surface area (Å²) in [5.41, 5.74) is -0.707. The number of amides is 1. The number of pyridine rings is 1. The highest BCUT2D eigenvalue weighted by Crippen LogP contribution is 2.37. The molecule has 132 valence electrons. The second-order valence-electron chi connectivity index (χ2n) is 7.81. The molecule has 0 aromatic carbocycles. The Morgan fingerprint density at radius 3 is 2.29 bits per heavy atom. The third-order valence-corrected chi connectivity index (χ3v) is 4.68. The molecule has 0 saturated carbocycles. The Morgan fingerprint density at radius 2 is 1.79 bits per heavy atom. The molecule has 0 spiro atoms. The van der Waals surface area contributed by atoms with Crippen LogP contribution in [0.4, 0.5) is 10.6 Å². The SMILES string of the molecule is CC(C)(C)OC(=O)Nc1cc(B2OC(C)(C)C(C)(C)O2)c(Br)cn1. The fourth-order valence-corrected chi connectivity index (χ4v) is 2.49. The molecule has 2 rings (SSSR count). The lowest BCUT2D eigenvalue weighted by molar-refractivity contribution is 0.00578. The van der Waals surface area contributed by atoms with Crippen LogP contribution in [0.15, 0.2) is 16.7 Å². The van der Waals surface area contributed by atoms with E-state index in [4.69, 9.17) is 14.0 Å². The van der Waals surface area contributed by atoms with Crippen molar-refractivity contribution in [1.29, 1.82) is 0 Å². The quantitative estimate of drug-likeness (QED) is 0.772. The van der Waals surface area contributed by atoms with E-state index < -0.39 is 30.0 Å². The van der Waals surface area contributed by atoms with Crippen LogP contribution in [0.25, 0.3) is 0 Å². The van der Waals surface area contributed by atoms with Gasteiger partial charge in [-0.15, -0.1) is 0 Å². The average molecular weight is 399 g/mol. The van der Waals surface area contributed by atoms with Gasteiger partial charge < -0.3 is 14.0 Å². The largest absolute Gasteiger partial charge is 0.496 e. The van der Waals surface area contributed by atoms with Crippen LogP contribution in [0.1, 0.15) is 48.5 Å².